The topological polar surface area (TPSA) is 21.8 Å². The van der Waals surface area contributed by atoms with Crippen molar-refractivity contribution in [2.45, 2.75) is 56.7 Å². The van der Waals surface area contributed by atoms with Crippen LogP contribution in [0.4, 0.5) is 13.2 Å². The molecular weight excluding hydrogens is 437 g/mol. The summed E-state index contributed by atoms with van der Waals surface area (Å²) >= 11 is 0. The van der Waals surface area contributed by atoms with Gasteiger partial charge in [0.2, 0.25) is 0 Å². The van der Waals surface area contributed by atoms with Gasteiger partial charge in [0.25, 0.3) is 0 Å². The Morgan fingerprint density at radius 2 is 1.59 bits per heavy atom. The number of benzene rings is 3. The van der Waals surface area contributed by atoms with E-state index >= 15 is 0 Å². The summed E-state index contributed by atoms with van der Waals surface area (Å²) in [5.74, 6) is -1.66. The van der Waals surface area contributed by atoms with E-state index in [9.17, 15) is 13.2 Å². The Morgan fingerprint density at radius 1 is 0.853 bits per heavy atom. The highest BCUT2D eigenvalue weighted by molar-refractivity contribution is 5.65. The first kappa shape index (κ1) is 23.1. The Bertz CT molecular complexity index is 1150. The zero-order valence-corrected chi connectivity index (χ0v) is 19.3. The Kier molecular flexibility index (Phi) is 6.75. The summed E-state index contributed by atoms with van der Waals surface area (Å²) in [4.78, 5) is 0. The largest absolute Gasteiger partial charge is 0.381 e. The zero-order chi connectivity index (χ0) is 23.7. The molecule has 1 atom stereocenters. The van der Waals surface area contributed by atoms with E-state index in [1.54, 1.807) is 25.3 Å². The van der Waals surface area contributed by atoms with E-state index in [1.807, 2.05) is 30.3 Å². The van der Waals surface area contributed by atoms with E-state index < -0.39 is 11.6 Å². The second-order valence-corrected chi connectivity index (χ2v) is 9.41. The van der Waals surface area contributed by atoms with Crippen molar-refractivity contribution in [1.82, 2.24) is 0 Å². The summed E-state index contributed by atoms with van der Waals surface area (Å²) in [6, 6.07) is 16.3. The normalized spacial score (nSPS) is 22.1. The molecular formula is C29H29F3O2. The Morgan fingerprint density at radius 3 is 2.24 bits per heavy atom. The number of ether oxygens (including phenoxy) is 2. The highest BCUT2D eigenvalue weighted by Gasteiger charge is 2.27. The van der Waals surface area contributed by atoms with E-state index in [0.29, 0.717) is 36.1 Å². The van der Waals surface area contributed by atoms with Crippen LogP contribution in [0, 0.1) is 17.5 Å². The molecule has 3 aromatic rings. The van der Waals surface area contributed by atoms with Gasteiger partial charge in [0, 0.05) is 12.7 Å². The highest BCUT2D eigenvalue weighted by atomic mass is 19.2. The molecule has 5 rings (SSSR count). The molecule has 5 heteroatoms. The second-order valence-electron chi connectivity index (χ2n) is 9.41. The van der Waals surface area contributed by atoms with Gasteiger partial charge in [-0.1, -0.05) is 48.5 Å². The predicted molar refractivity (Wildman–Crippen MR) is 126 cm³/mol. The number of epoxide rings is 1. The first-order valence-electron chi connectivity index (χ1n) is 12.0. The SMILES string of the molecule is COC1CCC(c2ccc(CCc3ccc(-c4ccc(C5CO5)cc4F)cc3)c(F)c2F)CC1. The average molecular weight is 467 g/mol. The smallest absolute Gasteiger partial charge is 0.162 e. The zero-order valence-electron chi connectivity index (χ0n) is 19.3. The molecule has 0 amide bonds. The molecule has 1 heterocycles. The molecule has 1 unspecified atom stereocenters. The van der Waals surface area contributed by atoms with Gasteiger partial charge in [-0.2, -0.15) is 0 Å². The van der Waals surface area contributed by atoms with E-state index in [1.165, 1.54) is 6.07 Å². The summed E-state index contributed by atoms with van der Waals surface area (Å²) in [5.41, 5.74) is 4.06. The molecule has 1 saturated heterocycles. The molecule has 178 valence electrons. The molecule has 0 spiro atoms. The van der Waals surface area contributed by atoms with Gasteiger partial charge in [0.15, 0.2) is 11.6 Å². The molecule has 0 aromatic heterocycles. The van der Waals surface area contributed by atoms with Gasteiger partial charge in [-0.15, -0.1) is 0 Å². The number of halogens is 3. The van der Waals surface area contributed by atoms with Crippen LogP contribution in [0.3, 0.4) is 0 Å². The van der Waals surface area contributed by atoms with Crippen LogP contribution in [-0.2, 0) is 22.3 Å². The molecule has 0 bridgehead atoms. The molecule has 2 fully saturated rings. The van der Waals surface area contributed by atoms with E-state index in [4.69, 9.17) is 9.47 Å². The lowest BCUT2D eigenvalue weighted by atomic mass is 9.82. The molecule has 0 radical (unpaired) electrons. The average Bonchev–Trinajstić information content (AvgIpc) is 3.71. The molecule has 3 aromatic carbocycles. The third-order valence-corrected chi connectivity index (χ3v) is 7.29. The summed E-state index contributed by atoms with van der Waals surface area (Å²) in [5, 5.41) is 0. The lowest BCUT2D eigenvalue weighted by molar-refractivity contribution is 0.0655. The third kappa shape index (κ3) is 4.91. The van der Waals surface area contributed by atoms with Crippen LogP contribution in [0.25, 0.3) is 11.1 Å². The number of aryl methyl sites for hydroxylation is 2. The number of methoxy groups -OCH3 is 1. The van der Waals surface area contributed by atoms with Crippen molar-refractivity contribution in [3.8, 4) is 11.1 Å². The first-order valence-corrected chi connectivity index (χ1v) is 12.0. The van der Waals surface area contributed by atoms with Crippen molar-refractivity contribution in [3.63, 3.8) is 0 Å². The van der Waals surface area contributed by atoms with Gasteiger partial charge in [0.05, 0.1) is 12.7 Å². The molecule has 2 nitrogen and oxygen atoms in total. The maximum atomic E-state index is 14.9. The minimum Gasteiger partial charge on any atom is -0.381 e. The third-order valence-electron chi connectivity index (χ3n) is 7.29. The van der Waals surface area contributed by atoms with Crippen molar-refractivity contribution in [1.29, 1.82) is 0 Å². The predicted octanol–water partition coefficient (Wildman–Crippen LogP) is 7.30. The summed E-state index contributed by atoms with van der Waals surface area (Å²) in [7, 11) is 1.70. The van der Waals surface area contributed by atoms with Crippen LogP contribution >= 0.6 is 0 Å². The minimum atomic E-state index is -0.732. The molecule has 1 aliphatic carbocycles. The first-order chi connectivity index (χ1) is 16.5. The second kappa shape index (κ2) is 9.93. The van der Waals surface area contributed by atoms with Crippen molar-refractivity contribution in [2.75, 3.05) is 13.7 Å². The van der Waals surface area contributed by atoms with Crippen molar-refractivity contribution < 1.29 is 22.6 Å². The minimum absolute atomic E-state index is 0.0240. The standard InChI is InChI=1S/C29H29F3O2/c1-33-23-12-8-20(9-13-23)25-15-10-21(28(31)29(25)32)7-4-18-2-5-19(6-3-18)24-14-11-22(16-26(24)30)27-17-34-27/h2-3,5-6,10-11,14-16,20,23,27H,4,7-9,12-13,17H2,1H3. The van der Waals surface area contributed by atoms with Crippen LogP contribution in [-0.4, -0.2) is 19.8 Å². The van der Waals surface area contributed by atoms with Crippen LogP contribution in [0.5, 0.6) is 0 Å². The number of rotatable bonds is 7. The van der Waals surface area contributed by atoms with Crippen LogP contribution in [0.15, 0.2) is 54.6 Å². The Labute approximate surface area is 198 Å². The van der Waals surface area contributed by atoms with Gasteiger partial charge in [-0.05, 0) is 78.3 Å². The highest BCUT2D eigenvalue weighted by Crippen LogP contribution is 2.36. The lowest BCUT2D eigenvalue weighted by Crippen LogP contribution is -2.20. The fraction of sp³-hybridized carbons (Fsp3) is 0.379. The quantitative estimate of drug-likeness (QED) is 0.341. The molecule has 1 aliphatic heterocycles. The van der Waals surface area contributed by atoms with Crippen LogP contribution in [0.1, 0.15) is 60.0 Å². The molecule has 0 N–H and O–H groups in total. The van der Waals surface area contributed by atoms with Crippen molar-refractivity contribution >= 4 is 0 Å². The van der Waals surface area contributed by atoms with Crippen molar-refractivity contribution in [3.05, 3.63) is 94.3 Å². The van der Waals surface area contributed by atoms with E-state index in [-0.39, 0.29) is 23.9 Å². The fourth-order valence-corrected chi connectivity index (χ4v) is 5.06. The van der Waals surface area contributed by atoms with Crippen LogP contribution in [0.2, 0.25) is 0 Å². The van der Waals surface area contributed by atoms with Gasteiger partial charge < -0.3 is 9.47 Å². The summed E-state index contributed by atoms with van der Waals surface area (Å²) in [6.45, 7) is 0.649. The number of hydrogen-bond donors (Lipinski definition) is 0. The fourth-order valence-electron chi connectivity index (χ4n) is 5.06. The maximum Gasteiger partial charge on any atom is 0.162 e. The van der Waals surface area contributed by atoms with Gasteiger partial charge in [0.1, 0.15) is 11.9 Å². The van der Waals surface area contributed by atoms with Gasteiger partial charge in [-0.3, -0.25) is 0 Å². The lowest BCUT2D eigenvalue weighted by Gasteiger charge is -2.28. The van der Waals surface area contributed by atoms with Crippen molar-refractivity contribution in [2.24, 2.45) is 0 Å². The van der Waals surface area contributed by atoms with Gasteiger partial charge >= 0.3 is 0 Å². The monoisotopic (exact) mass is 466 g/mol. The Hall–Kier alpha value is -2.63. The molecule has 34 heavy (non-hydrogen) atoms. The molecule has 2 aliphatic rings. The van der Waals surface area contributed by atoms with E-state index in [0.717, 1.165) is 42.4 Å². The number of hydrogen-bond acceptors (Lipinski definition) is 2. The van der Waals surface area contributed by atoms with E-state index in [2.05, 4.69) is 0 Å². The summed E-state index contributed by atoms with van der Waals surface area (Å²) in [6.07, 6.45) is 4.62. The summed E-state index contributed by atoms with van der Waals surface area (Å²) < 4.78 is 54.8. The molecule has 1 saturated carbocycles. The Balaban J connectivity index is 1.23. The van der Waals surface area contributed by atoms with Gasteiger partial charge in [-0.25, -0.2) is 13.2 Å². The van der Waals surface area contributed by atoms with Crippen LogP contribution < -0.4 is 0 Å². The maximum absolute atomic E-state index is 14.9.